The highest BCUT2D eigenvalue weighted by molar-refractivity contribution is 14.0. The van der Waals surface area contributed by atoms with Crippen molar-refractivity contribution >= 4 is 39.8 Å². The summed E-state index contributed by atoms with van der Waals surface area (Å²) in [7, 11) is 0.588. The van der Waals surface area contributed by atoms with Gasteiger partial charge in [-0.25, -0.2) is 8.42 Å². The first kappa shape index (κ1) is 25.4. The van der Waals surface area contributed by atoms with Gasteiger partial charge in [-0.3, -0.25) is 9.67 Å². The first-order chi connectivity index (χ1) is 13.3. The topological polar surface area (TPSA) is 88.4 Å². The molecule has 0 radical (unpaired) electrons. The van der Waals surface area contributed by atoms with Crippen molar-refractivity contribution < 1.29 is 8.42 Å². The van der Waals surface area contributed by atoms with Gasteiger partial charge in [0, 0.05) is 44.7 Å². The molecule has 0 saturated carbocycles. The van der Waals surface area contributed by atoms with Crippen molar-refractivity contribution in [2.45, 2.75) is 44.6 Å². The second kappa shape index (κ2) is 11.5. The summed E-state index contributed by atoms with van der Waals surface area (Å²) in [6.45, 7) is 5.64. The van der Waals surface area contributed by atoms with Crippen molar-refractivity contribution in [2.24, 2.45) is 12.0 Å². The molecule has 0 bridgehead atoms. The predicted octanol–water partition coefficient (Wildman–Crippen LogP) is 2.47. The average molecular weight is 533 g/mol. The van der Waals surface area contributed by atoms with Crippen molar-refractivity contribution in [3.8, 4) is 0 Å². The molecule has 29 heavy (non-hydrogen) atoms. The highest BCUT2D eigenvalue weighted by atomic mass is 127. The molecular formula is C20H32IN5O2S. The summed E-state index contributed by atoms with van der Waals surface area (Å²) in [6, 6.07) is 7.01. The molecular weight excluding hydrogens is 501 g/mol. The lowest BCUT2D eigenvalue weighted by atomic mass is 10.1. The first-order valence-corrected chi connectivity index (χ1v) is 11.5. The van der Waals surface area contributed by atoms with E-state index in [1.807, 2.05) is 23.9 Å². The maximum absolute atomic E-state index is 11.5. The number of guanidine groups is 1. The number of benzene rings is 1. The Morgan fingerprint density at radius 1 is 1.14 bits per heavy atom. The van der Waals surface area contributed by atoms with E-state index in [1.165, 1.54) is 17.5 Å². The van der Waals surface area contributed by atoms with Crippen molar-refractivity contribution in [1.82, 2.24) is 20.4 Å². The van der Waals surface area contributed by atoms with Crippen LogP contribution in [0.2, 0.25) is 0 Å². The quantitative estimate of drug-likeness (QED) is 0.309. The second-order valence-corrected chi connectivity index (χ2v) is 8.74. The Labute approximate surface area is 191 Å². The van der Waals surface area contributed by atoms with Crippen LogP contribution in [0, 0.1) is 0 Å². The van der Waals surface area contributed by atoms with Gasteiger partial charge in [-0.1, -0.05) is 26.0 Å². The Kier molecular flexibility index (Phi) is 10.1. The number of rotatable bonds is 8. The Morgan fingerprint density at radius 2 is 1.79 bits per heavy atom. The van der Waals surface area contributed by atoms with Crippen molar-refractivity contribution in [2.75, 3.05) is 19.8 Å². The van der Waals surface area contributed by atoms with Gasteiger partial charge in [0.2, 0.25) is 0 Å². The normalized spacial score (nSPS) is 11.8. The van der Waals surface area contributed by atoms with E-state index < -0.39 is 9.84 Å². The third-order valence-electron chi connectivity index (χ3n) is 4.74. The molecule has 7 nitrogen and oxygen atoms in total. The van der Waals surface area contributed by atoms with Gasteiger partial charge in [-0.15, -0.1) is 24.0 Å². The molecule has 0 spiro atoms. The van der Waals surface area contributed by atoms with E-state index >= 15 is 0 Å². The molecule has 2 rings (SSSR count). The van der Waals surface area contributed by atoms with E-state index in [1.54, 1.807) is 19.2 Å². The number of aryl methyl sites for hydroxylation is 2. The van der Waals surface area contributed by atoms with E-state index in [9.17, 15) is 8.42 Å². The molecule has 9 heteroatoms. The number of sulfone groups is 1. The molecule has 0 aliphatic heterocycles. The minimum atomic E-state index is -3.15. The third-order valence-corrected chi connectivity index (χ3v) is 5.87. The van der Waals surface area contributed by atoms with E-state index in [4.69, 9.17) is 0 Å². The van der Waals surface area contributed by atoms with E-state index in [2.05, 4.69) is 34.6 Å². The molecule has 0 aliphatic carbocycles. The lowest BCUT2D eigenvalue weighted by Gasteiger charge is -2.13. The van der Waals surface area contributed by atoms with Gasteiger partial charge in [0.15, 0.2) is 15.8 Å². The summed E-state index contributed by atoms with van der Waals surface area (Å²) in [5.41, 5.74) is 4.68. The summed E-state index contributed by atoms with van der Waals surface area (Å²) in [4.78, 5) is 4.63. The molecule has 0 amide bonds. The number of aliphatic imine (C=N–C) groups is 1. The fourth-order valence-corrected chi connectivity index (χ4v) is 3.85. The minimum Gasteiger partial charge on any atom is -0.356 e. The zero-order valence-electron chi connectivity index (χ0n) is 17.8. The smallest absolute Gasteiger partial charge is 0.191 e. The Bertz CT molecular complexity index is 921. The van der Waals surface area contributed by atoms with Gasteiger partial charge in [0.25, 0.3) is 0 Å². The molecule has 1 heterocycles. The number of halogens is 1. The van der Waals surface area contributed by atoms with Crippen LogP contribution in [0.3, 0.4) is 0 Å². The minimum absolute atomic E-state index is 0. The number of aromatic nitrogens is 2. The van der Waals surface area contributed by atoms with Crippen LogP contribution in [-0.4, -0.2) is 44.0 Å². The molecule has 0 unspecified atom stereocenters. The average Bonchev–Trinajstić information content (AvgIpc) is 2.98. The van der Waals surface area contributed by atoms with Gasteiger partial charge in [-0.05, 0) is 37.0 Å². The molecule has 2 N–H and O–H groups in total. The highest BCUT2D eigenvalue weighted by Gasteiger charge is 2.13. The summed E-state index contributed by atoms with van der Waals surface area (Å²) >= 11 is 0. The summed E-state index contributed by atoms with van der Waals surface area (Å²) in [5.74, 6) is 0.737. The second-order valence-electron chi connectivity index (χ2n) is 6.72. The first-order valence-electron chi connectivity index (χ1n) is 9.57. The summed E-state index contributed by atoms with van der Waals surface area (Å²) < 4.78 is 25.0. The largest absolute Gasteiger partial charge is 0.356 e. The van der Waals surface area contributed by atoms with Crippen LogP contribution in [0.4, 0.5) is 0 Å². The number of nitrogens with zero attached hydrogens (tertiary/aromatic N) is 3. The van der Waals surface area contributed by atoms with Crippen LogP contribution in [0.15, 0.2) is 34.2 Å². The molecule has 162 valence electrons. The van der Waals surface area contributed by atoms with Crippen LogP contribution in [0.1, 0.15) is 36.4 Å². The highest BCUT2D eigenvalue weighted by Crippen LogP contribution is 2.15. The standard InChI is InChI=1S/C20H31N5O2S.HI/c1-6-18-17(19(7-2)25(4)24-18)14-23-20(21-3)22-13-12-15-8-10-16(11-9-15)28(5,26)27;/h8-11H,6-7,12-14H2,1-5H3,(H2,21,22,23);1H. The van der Waals surface area contributed by atoms with Gasteiger partial charge in [0.05, 0.1) is 10.6 Å². The van der Waals surface area contributed by atoms with Crippen LogP contribution >= 0.6 is 24.0 Å². The van der Waals surface area contributed by atoms with E-state index in [0.29, 0.717) is 18.0 Å². The van der Waals surface area contributed by atoms with Crippen molar-refractivity contribution in [1.29, 1.82) is 0 Å². The van der Waals surface area contributed by atoms with Crippen LogP contribution in [0.25, 0.3) is 0 Å². The fourth-order valence-electron chi connectivity index (χ4n) is 3.22. The van der Waals surface area contributed by atoms with E-state index in [0.717, 1.165) is 36.5 Å². The summed E-state index contributed by atoms with van der Waals surface area (Å²) in [6.07, 6.45) is 3.84. The zero-order valence-corrected chi connectivity index (χ0v) is 21.0. The van der Waals surface area contributed by atoms with Crippen LogP contribution < -0.4 is 10.6 Å². The number of nitrogens with one attached hydrogen (secondary N) is 2. The maximum atomic E-state index is 11.5. The molecule has 0 aliphatic rings. The number of hydrogen-bond acceptors (Lipinski definition) is 4. The van der Waals surface area contributed by atoms with Gasteiger partial charge in [-0.2, -0.15) is 5.10 Å². The van der Waals surface area contributed by atoms with Crippen molar-refractivity contribution in [3.63, 3.8) is 0 Å². The lowest BCUT2D eigenvalue weighted by molar-refractivity contribution is 0.602. The Balaban J connectivity index is 0.00000420. The SMILES string of the molecule is CCc1nn(C)c(CC)c1CNC(=NC)NCCc1ccc(S(C)(=O)=O)cc1.I. The van der Waals surface area contributed by atoms with Gasteiger partial charge in [0.1, 0.15) is 0 Å². The van der Waals surface area contributed by atoms with Gasteiger partial charge >= 0.3 is 0 Å². The van der Waals surface area contributed by atoms with Crippen LogP contribution in [0.5, 0.6) is 0 Å². The third kappa shape index (κ3) is 6.98. The van der Waals surface area contributed by atoms with Crippen LogP contribution in [-0.2, 0) is 42.7 Å². The maximum Gasteiger partial charge on any atom is 0.191 e. The molecule has 2 aromatic rings. The lowest BCUT2D eigenvalue weighted by Crippen LogP contribution is -2.38. The molecule has 0 fully saturated rings. The number of hydrogen-bond donors (Lipinski definition) is 2. The van der Waals surface area contributed by atoms with Crippen molar-refractivity contribution in [3.05, 3.63) is 46.8 Å². The molecule has 0 saturated heterocycles. The zero-order chi connectivity index (χ0) is 20.7. The van der Waals surface area contributed by atoms with E-state index in [-0.39, 0.29) is 24.0 Å². The van der Waals surface area contributed by atoms with Gasteiger partial charge < -0.3 is 10.6 Å². The molecule has 0 atom stereocenters. The molecule has 1 aromatic carbocycles. The summed E-state index contributed by atoms with van der Waals surface area (Å²) in [5, 5.41) is 11.3. The predicted molar refractivity (Wildman–Crippen MR) is 129 cm³/mol. The molecule has 1 aromatic heterocycles. The monoisotopic (exact) mass is 533 g/mol. The Hall–Kier alpha value is -1.62. The fraction of sp³-hybridized carbons (Fsp3) is 0.500. The Morgan fingerprint density at radius 3 is 2.31 bits per heavy atom.